The van der Waals surface area contributed by atoms with Crippen LogP contribution in [0, 0.1) is 0 Å². The second kappa shape index (κ2) is 4.41. The molecule has 6 heteroatoms. The van der Waals surface area contributed by atoms with Crippen molar-refractivity contribution in [3.8, 4) is 0 Å². The van der Waals surface area contributed by atoms with Gasteiger partial charge in [0.05, 0.1) is 4.90 Å². The maximum absolute atomic E-state index is 10.5. The summed E-state index contributed by atoms with van der Waals surface area (Å²) in [5, 5.41) is 0.405. The molecule has 0 heterocycles. The molecule has 0 fully saturated rings. The van der Waals surface area contributed by atoms with E-state index in [-0.39, 0.29) is 23.8 Å². The Hall–Kier alpha value is 0.157. The minimum atomic E-state index is -4.30. The molecule has 1 atom stereocenters. The monoisotopic (exact) mass is 196 g/mol. The van der Waals surface area contributed by atoms with Crippen LogP contribution in [0.4, 0.5) is 0 Å². The smallest absolute Gasteiger partial charge is 0.744 e. The third-order valence-corrected chi connectivity index (χ3v) is 2.81. The summed E-state index contributed by atoms with van der Waals surface area (Å²) in [7, 11) is -2.11. The molecule has 0 aliphatic carbocycles. The molecule has 1 aromatic carbocycles. The van der Waals surface area contributed by atoms with Crippen molar-refractivity contribution in [2.75, 3.05) is 0 Å². The van der Waals surface area contributed by atoms with E-state index in [1.165, 1.54) is 12.1 Å². The Morgan fingerprint density at radius 1 is 1.25 bits per heavy atom. The molecular weight excluding hydrogens is 190 g/mol. The van der Waals surface area contributed by atoms with Crippen LogP contribution in [0.1, 0.15) is 0 Å². The molecule has 0 radical (unpaired) electrons. The molecule has 0 bridgehead atoms. The summed E-state index contributed by atoms with van der Waals surface area (Å²) >= 11 is 0. The zero-order valence-electron chi connectivity index (χ0n) is 6.52. The summed E-state index contributed by atoms with van der Waals surface area (Å²) < 4.78 is 31.5. The first kappa shape index (κ1) is 12.2. The molecule has 1 aromatic rings. The molecule has 0 spiro atoms. The normalized spacial score (nSPS) is 10.5. The van der Waals surface area contributed by atoms with Crippen LogP contribution in [-0.2, 0) is 10.1 Å². The molecule has 3 nitrogen and oxygen atoms in total. The number of rotatable bonds is 1. The fourth-order valence-electron chi connectivity index (χ4n) is 0.708. The van der Waals surface area contributed by atoms with Crippen molar-refractivity contribution in [3.63, 3.8) is 0 Å². The predicted octanol–water partition coefficient (Wildman–Crippen LogP) is -2.90. The van der Waals surface area contributed by atoms with E-state index < -0.39 is 10.1 Å². The molecule has 0 aromatic heterocycles. The number of benzene rings is 1. The second-order valence-corrected chi connectivity index (χ2v) is 3.96. The molecule has 0 amide bonds. The van der Waals surface area contributed by atoms with Crippen LogP contribution in [0.15, 0.2) is 29.2 Å². The maximum atomic E-state index is 10.5. The van der Waals surface area contributed by atoms with E-state index >= 15 is 0 Å². The third-order valence-electron chi connectivity index (χ3n) is 1.19. The standard InChI is InChI=1S/C6H7O3PS.Li/c7-11(8,9)6-4-2-1-3-5(6)10;/h1-4H,10H2,(H,7,8,9);/q;+1/p-1. The molecule has 12 heavy (non-hydrogen) atoms. The van der Waals surface area contributed by atoms with Crippen molar-refractivity contribution in [2.45, 2.75) is 4.90 Å². The van der Waals surface area contributed by atoms with E-state index in [4.69, 9.17) is 0 Å². The molecule has 0 aliphatic heterocycles. The Kier molecular flexibility index (Phi) is 4.47. The van der Waals surface area contributed by atoms with Crippen LogP contribution < -0.4 is 24.2 Å². The summed E-state index contributed by atoms with van der Waals surface area (Å²) in [6.45, 7) is 0. The second-order valence-electron chi connectivity index (χ2n) is 1.99. The summed E-state index contributed by atoms with van der Waals surface area (Å²) in [6.07, 6.45) is 0. The van der Waals surface area contributed by atoms with E-state index in [1.54, 1.807) is 12.1 Å². The van der Waals surface area contributed by atoms with Gasteiger partial charge in [-0.15, -0.1) is 9.24 Å². The van der Waals surface area contributed by atoms with Crippen LogP contribution in [0.5, 0.6) is 0 Å². The number of hydrogen-bond acceptors (Lipinski definition) is 3. The third kappa shape index (κ3) is 2.89. The van der Waals surface area contributed by atoms with Crippen molar-refractivity contribution in [3.05, 3.63) is 24.3 Å². The molecule has 1 unspecified atom stereocenters. The first-order chi connectivity index (χ1) is 5.02. The van der Waals surface area contributed by atoms with Crippen molar-refractivity contribution in [2.24, 2.45) is 0 Å². The molecule has 0 saturated heterocycles. The minimum Gasteiger partial charge on any atom is -0.744 e. The van der Waals surface area contributed by atoms with Gasteiger partial charge in [0.15, 0.2) is 0 Å². The summed E-state index contributed by atoms with van der Waals surface area (Å²) in [6, 6.07) is 6.01. The topological polar surface area (TPSA) is 57.2 Å². The average Bonchev–Trinajstić information content (AvgIpc) is 1.86. The molecule has 0 aliphatic rings. The maximum Gasteiger partial charge on any atom is 1.00 e. The van der Waals surface area contributed by atoms with E-state index in [0.29, 0.717) is 5.30 Å². The van der Waals surface area contributed by atoms with Gasteiger partial charge in [-0.25, -0.2) is 8.42 Å². The first-order valence-electron chi connectivity index (χ1n) is 2.82. The van der Waals surface area contributed by atoms with Crippen LogP contribution in [0.25, 0.3) is 0 Å². The van der Waals surface area contributed by atoms with Gasteiger partial charge in [-0.05, 0) is 11.4 Å². The van der Waals surface area contributed by atoms with Crippen LogP contribution >= 0.6 is 9.24 Å². The van der Waals surface area contributed by atoms with Gasteiger partial charge in [-0.3, -0.25) is 0 Å². The van der Waals surface area contributed by atoms with Crippen molar-refractivity contribution in [1.29, 1.82) is 0 Å². The van der Waals surface area contributed by atoms with Crippen LogP contribution in [-0.4, -0.2) is 13.0 Å². The van der Waals surface area contributed by atoms with Gasteiger partial charge >= 0.3 is 18.9 Å². The molecule has 1 rings (SSSR count). The molecular formula is C6H6LiO3PS. The van der Waals surface area contributed by atoms with Crippen LogP contribution in [0.3, 0.4) is 0 Å². The van der Waals surface area contributed by atoms with E-state index in [0.717, 1.165) is 0 Å². The molecule has 60 valence electrons. The van der Waals surface area contributed by atoms with Crippen molar-refractivity contribution < 1.29 is 31.8 Å². The van der Waals surface area contributed by atoms with Crippen molar-refractivity contribution in [1.82, 2.24) is 0 Å². The molecule has 0 N–H and O–H groups in total. The fourth-order valence-corrected chi connectivity index (χ4v) is 1.95. The SMILES string of the molecule is O=S(=O)([O-])c1ccccc1P.[Li+]. The summed E-state index contributed by atoms with van der Waals surface area (Å²) in [5.74, 6) is 0. The van der Waals surface area contributed by atoms with Gasteiger partial charge in [0.1, 0.15) is 10.1 Å². The van der Waals surface area contributed by atoms with E-state index in [1.807, 2.05) is 0 Å². The molecule has 0 saturated carbocycles. The Labute approximate surface area is 85.7 Å². The van der Waals surface area contributed by atoms with Crippen molar-refractivity contribution >= 4 is 24.7 Å². The summed E-state index contributed by atoms with van der Waals surface area (Å²) in [5.41, 5.74) is 0. The predicted molar refractivity (Wildman–Crippen MR) is 43.7 cm³/mol. The first-order valence-corrected chi connectivity index (χ1v) is 4.81. The van der Waals surface area contributed by atoms with Gasteiger partial charge in [0, 0.05) is 0 Å². The zero-order valence-corrected chi connectivity index (χ0v) is 8.49. The average molecular weight is 196 g/mol. The van der Waals surface area contributed by atoms with E-state index in [9.17, 15) is 13.0 Å². The summed E-state index contributed by atoms with van der Waals surface area (Å²) in [4.78, 5) is -0.176. The van der Waals surface area contributed by atoms with Gasteiger partial charge in [0.25, 0.3) is 0 Å². The van der Waals surface area contributed by atoms with Crippen LogP contribution in [0.2, 0.25) is 0 Å². The number of hydrogen-bond donors (Lipinski definition) is 0. The largest absolute Gasteiger partial charge is 1.00 e. The van der Waals surface area contributed by atoms with Gasteiger partial charge in [-0.2, -0.15) is 0 Å². The minimum absolute atomic E-state index is 0. The quantitative estimate of drug-likeness (QED) is 0.275. The zero-order chi connectivity index (χ0) is 8.48. The van der Waals surface area contributed by atoms with Gasteiger partial charge < -0.3 is 4.55 Å². The fraction of sp³-hybridized carbons (Fsp3) is 0. The van der Waals surface area contributed by atoms with Gasteiger partial charge in [-0.1, -0.05) is 18.2 Å². The van der Waals surface area contributed by atoms with Gasteiger partial charge in [0.2, 0.25) is 0 Å². The Balaban J connectivity index is 0.00000121. The van der Waals surface area contributed by atoms with E-state index in [2.05, 4.69) is 9.24 Å². The Bertz CT molecular complexity index is 363. The Morgan fingerprint density at radius 3 is 2.08 bits per heavy atom. The Morgan fingerprint density at radius 2 is 1.75 bits per heavy atom.